The molecule has 1 saturated heterocycles. The van der Waals surface area contributed by atoms with Crippen molar-refractivity contribution < 1.29 is 28.6 Å². The Labute approximate surface area is 228 Å². The maximum Gasteiger partial charge on any atom is 0.335 e. The number of halogens is 1. The third kappa shape index (κ3) is 5.88. The number of nitrogens with zero attached hydrogens (tertiary/aromatic N) is 1. The second-order valence-electron chi connectivity index (χ2n) is 8.25. The van der Waals surface area contributed by atoms with Crippen LogP contribution >= 0.6 is 15.9 Å². The molecule has 0 aromatic heterocycles. The van der Waals surface area contributed by atoms with E-state index in [1.54, 1.807) is 36.4 Å². The van der Waals surface area contributed by atoms with E-state index in [1.165, 1.54) is 13.2 Å². The first-order valence-electron chi connectivity index (χ1n) is 11.4. The van der Waals surface area contributed by atoms with Crippen LogP contribution in [0.3, 0.4) is 0 Å². The normalized spacial score (nSPS) is 14.2. The Morgan fingerprint density at radius 3 is 2.39 bits per heavy atom. The van der Waals surface area contributed by atoms with Gasteiger partial charge in [-0.15, -0.1) is 6.42 Å². The maximum atomic E-state index is 13.3. The van der Waals surface area contributed by atoms with Crippen LogP contribution in [0.5, 0.6) is 17.2 Å². The number of carbonyl (C=O) groups excluding carboxylic acids is 3. The van der Waals surface area contributed by atoms with Crippen molar-refractivity contribution in [1.82, 2.24) is 5.32 Å². The Kier molecular flexibility index (Phi) is 8.14. The molecule has 4 rings (SSSR count). The molecule has 1 aliphatic rings. The van der Waals surface area contributed by atoms with E-state index in [9.17, 15) is 14.4 Å². The molecule has 1 N–H and O–H groups in total. The predicted molar refractivity (Wildman–Crippen MR) is 146 cm³/mol. The van der Waals surface area contributed by atoms with E-state index in [4.69, 9.17) is 20.6 Å². The minimum absolute atomic E-state index is 0.0309. The highest BCUT2D eigenvalue weighted by Gasteiger charge is 2.37. The fraction of sp³-hybridized carbons (Fsp3) is 0.138. The fourth-order valence-corrected chi connectivity index (χ4v) is 4.25. The van der Waals surface area contributed by atoms with E-state index in [0.717, 1.165) is 16.0 Å². The highest BCUT2D eigenvalue weighted by molar-refractivity contribution is 9.10. The standard InChI is InChI=1S/C29H23BrN2O6/c1-4-13-37-26-24(30)15-20(16-25(26)36-3)14-23-27(33)31-29(35)32(28(23)34)21-9-11-22(12-10-21)38-17-19-7-5-18(2)6-8-19/h1,5-12,14-16H,13,17H2,2-3H3,(H,31,33,35)/b23-14+. The fourth-order valence-electron chi connectivity index (χ4n) is 3.68. The molecule has 0 spiro atoms. The minimum atomic E-state index is -0.845. The Hall–Kier alpha value is -4.55. The summed E-state index contributed by atoms with van der Waals surface area (Å²) in [6.45, 7) is 2.41. The van der Waals surface area contributed by atoms with E-state index >= 15 is 0 Å². The van der Waals surface area contributed by atoms with Crippen LogP contribution in [0, 0.1) is 19.3 Å². The monoisotopic (exact) mass is 574 g/mol. The van der Waals surface area contributed by atoms with Crippen molar-refractivity contribution in [1.29, 1.82) is 0 Å². The lowest BCUT2D eigenvalue weighted by molar-refractivity contribution is -0.122. The largest absolute Gasteiger partial charge is 0.493 e. The molecule has 0 bridgehead atoms. The van der Waals surface area contributed by atoms with Crippen LogP contribution in [0.25, 0.3) is 6.08 Å². The third-order valence-electron chi connectivity index (χ3n) is 5.59. The van der Waals surface area contributed by atoms with E-state index in [0.29, 0.717) is 33.9 Å². The summed E-state index contributed by atoms with van der Waals surface area (Å²) in [4.78, 5) is 39.3. The summed E-state index contributed by atoms with van der Waals surface area (Å²) < 4.78 is 17.2. The average molecular weight is 575 g/mol. The number of barbiturate groups is 1. The number of benzene rings is 3. The van der Waals surface area contributed by atoms with Crippen LogP contribution in [0.15, 0.2) is 70.7 Å². The number of imide groups is 2. The molecule has 4 amide bonds. The van der Waals surface area contributed by atoms with Gasteiger partial charge in [0.15, 0.2) is 11.5 Å². The van der Waals surface area contributed by atoms with Gasteiger partial charge in [-0.3, -0.25) is 14.9 Å². The number of ether oxygens (including phenoxy) is 3. The predicted octanol–water partition coefficient (Wildman–Crippen LogP) is 5.02. The highest BCUT2D eigenvalue weighted by Crippen LogP contribution is 2.37. The SMILES string of the molecule is C#CCOc1c(Br)cc(/C=C2\C(=O)NC(=O)N(c3ccc(OCc4ccc(C)cc4)cc3)C2=O)cc1OC. The Morgan fingerprint density at radius 2 is 1.74 bits per heavy atom. The van der Waals surface area contributed by atoms with Crippen molar-refractivity contribution >= 4 is 45.5 Å². The molecule has 0 saturated carbocycles. The summed E-state index contributed by atoms with van der Waals surface area (Å²) in [5, 5.41) is 2.21. The highest BCUT2D eigenvalue weighted by atomic mass is 79.9. The van der Waals surface area contributed by atoms with Crippen molar-refractivity contribution in [2.75, 3.05) is 18.6 Å². The van der Waals surface area contributed by atoms with Gasteiger partial charge in [-0.2, -0.15) is 0 Å². The quantitative estimate of drug-likeness (QED) is 0.230. The zero-order valence-electron chi connectivity index (χ0n) is 20.6. The van der Waals surface area contributed by atoms with Gasteiger partial charge in [-0.1, -0.05) is 35.7 Å². The number of carbonyl (C=O) groups is 3. The molecule has 1 aliphatic heterocycles. The van der Waals surface area contributed by atoms with Gasteiger partial charge in [0.25, 0.3) is 11.8 Å². The molecule has 192 valence electrons. The first-order chi connectivity index (χ1) is 18.3. The van der Waals surface area contributed by atoms with Crippen molar-refractivity contribution in [3.8, 4) is 29.6 Å². The molecule has 1 fully saturated rings. The lowest BCUT2D eigenvalue weighted by Gasteiger charge is -2.26. The summed E-state index contributed by atoms with van der Waals surface area (Å²) in [7, 11) is 1.45. The number of hydrogen-bond acceptors (Lipinski definition) is 6. The molecular formula is C29H23BrN2O6. The Bertz CT molecular complexity index is 1460. The summed E-state index contributed by atoms with van der Waals surface area (Å²) in [6, 6.07) is 16.8. The second-order valence-corrected chi connectivity index (χ2v) is 9.11. The van der Waals surface area contributed by atoms with Crippen molar-refractivity contribution in [2.45, 2.75) is 13.5 Å². The van der Waals surface area contributed by atoms with Crippen molar-refractivity contribution in [2.24, 2.45) is 0 Å². The first-order valence-corrected chi connectivity index (χ1v) is 12.2. The molecule has 8 nitrogen and oxygen atoms in total. The van der Waals surface area contributed by atoms with Gasteiger partial charge in [0, 0.05) is 0 Å². The molecule has 0 unspecified atom stereocenters. The number of terminal acetylenes is 1. The number of rotatable bonds is 8. The zero-order chi connectivity index (χ0) is 27.2. The number of methoxy groups -OCH3 is 1. The second kappa shape index (κ2) is 11.7. The molecule has 0 atom stereocenters. The van der Waals surface area contributed by atoms with Gasteiger partial charge >= 0.3 is 6.03 Å². The van der Waals surface area contributed by atoms with Gasteiger partial charge in [-0.05, 0) is 76.5 Å². The van der Waals surface area contributed by atoms with E-state index in [1.807, 2.05) is 31.2 Å². The van der Waals surface area contributed by atoms with Gasteiger partial charge in [0.05, 0.1) is 17.3 Å². The third-order valence-corrected chi connectivity index (χ3v) is 6.17. The Morgan fingerprint density at radius 1 is 1.03 bits per heavy atom. The molecule has 1 heterocycles. The maximum absolute atomic E-state index is 13.3. The number of hydrogen-bond donors (Lipinski definition) is 1. The summed E-state index contributed by atoms with van der Waals surface area (Å²) in [5.41, 5.74) is 2.69. The number of nitrogens with one attached hydrogen (secondary N) is 1. The molecule has 0 aliphatic carbocycles. The zero-order valence-corrected chi connectivity index (χ0v) is 22.2. The topological polar surface area (TPSA) is 94.2 Å². The molecular weight excluding hydrogens is 552 g/mol. The van der Waals surface area contributed by atoms with Gasteiger partial charge < -0.3 is 14.2 Å². The van der Waals surface area contributed by atoms with Crippen LogP contribution in [0.2, 0.25) is 0 Å². The average Bonchev–Trinajstić information content (AvgIpc) is 2.90. The van der Waals surface area contributed by atoms with Crippen LogP contribution in [0.1, 0.15) is 16.7 Å². The molecule has 9 heteroatoms. The molecule has 3 aromatic rings. The number of urea groups is 1. The summed E-state index contributed by atoms with van der Waals surface area (Å²) in [6.07, 6.45) is 6.63. The van der Waals surface area contributed by atoms with E-state index in [2.05, 4.69) is 27.2 Å². The van der Waals surface area contributed by atoms with Crippen LogP contribution in [-0.2, 0) is 16.2 Å². The van der Waals surface area contributed by atoms with Gasteiger partial charge in [-0.25, -0.2) is 9.69 Å². The van der Waals surface area contributed by atoms with Crippen LogP contribution in [-0.4, -0.2) is 31.6 Å². The smallest absolute Gasteiger partial charge is 0.335 e. The minimum Gasteiger partial charge on any atom is -0.493 e. The van der Waals surface area contributed by atoms with Crippen LogP contribution < -0.4 is 24.4 Å². The van der Waals surface area contributed by atoms with Gasteiger partial charge in [0.1, 0.15) is 24.5 Å². The number of aryl methyl sites for hydroxylation is 1. The lowest BCUT2D eigenvalue weighted by atomic mass is 10.1. The van der Waals surface area contributed by atoms with Gasteiger partial charge in [0.2, 0.25) is 0 Å². The van der Waals surface area contributed by atoms with Crippen molar-refractivity contribution in [3.05, 3.63) is 87.4 Å². The van der Waals surface area contributed by atoms with E-state index in [-0.39, 0.29) is 17.9 Å². The van der Waals surface area contributed by atoms with Crippen LogP contribution in [0.4, 0.5) is 10.5 Å². The lowest BCUT2D eigenvalue weighted by Crippen LogP contribution is -2.54. The summed E-state index contributed by atoms with van der Waals surface area (Å²) in [5.74, 6) is 2.09. The Balaban J connectivity index is 1.55. The van der Waals surface area contributed by atoms with E-state index < -0.39 is 17.8 Å². The summed E-state index contributed by atoms with van der Waals surface area (Å²) >= 11 is 3.39. The first kappa shape index (κ1) is 26.5. The molecule has 38 heavy (non-hydrogen) atoms. The number of anilines is 1. The molecule has 0 radical (unpaired) electrons. The number of amides is 4. The van der Waals surface area contributed by atoms with Crippen molar-refractivity contribution in [3.63, 3.8) is 0 Å². The molecule has 3 aromatic carbocycles.